The van der Waals surface area contributed by atoms with Crippen LogP contribution < -0.4 is 4.90 Å². The first-order valence-electron chi connectivity index (χ1n) is 5.84. The van der Waals surface area contributed by atoms with E-state index in [0.717, 1.165) is 12.8 Å². The molecule has 0 unspecified atom stereocenters. The molecule has 1 amide bonds. The number of halogens is 1. The van der Waals surface area contributed by atoms with E-state index >= 15 is 0 Å². The number of hydrogen-bond acceptors (Lipinski definition) is 2. The van der Waals surface area contributed by atoms with E-state index in [-0.39, 0.29) is 12.5 Å². The number of nitrogens with zero attached hydrogens (tertiary/aromatic N) is 1. The Hall–Kier alpha value is -1.55. The number of hydrogen-bond donors (Lipinski definition) is 1. The minimum atomic E-state index is -1.03. The van der Waals surface area contributed by atoms with Crippen molar-refractivity contribution in [3.8, 4) is 0 Å². The summed E-state index contributed by atoms with van der Waals surface area (Å²) in [6, 6.07) is 6.70. The highest BCUT2D eigenvalue weighted by Gasteiger charge is 2.28. The van der Waals surface area contributed by atoms with Crippen molar-refractivity contribution in [1.82, 2.24) is 0 Å². The van der Waals surface area contributed by atoms with Crippen LogP contribution in [0.2, 0.25) is 5.02 Å². The third-order valence-electron chi connectivity index (χ3n) is 2.87. The summed E-state index contributed by atoms with van der Waals surface area (Å²) < 4.78 is 0. The van der Waals surface area contributed by atoms with Crippen molar-refractivity contribution in [2.75, 3.05) is 11.4 Å². The van der Waals surface area contributed by atoms with E-state index in [1.165, 1.54) is 4.90 Å². The molecule has 0 aliphatic heterocycles. The first-order valence-corrected chi connectivity index (χ1v) is 6.22. The molecule has 5 heteroatoms. The minimum absolute atomic E-state index is 0.151. The first-order chi connectivity index (χ1) is 8.56. The van der Waals surface area contributed by atoms with E-state index in [2.05, 4.69) is 0 Å². The lowest BCUT2D eigenvalue weighted by molar-refractivity contribution is -0.136. The number of amides is 1. The molecule has 2 rings (SSSR count). The molecule has 0 radical (unpaired) electrons. The smallest absolute Gasteiger partial charge is 0.323 e. The average molecular weight is 268 g/mol. The van der Waals surface area contributed by atoms with Gasteiger partial charge in [-0.05, 0) is 37.0 Å². The second-order valence-corrected chi connectivity index (χ2v) is 4.94. The van der Waals surface area contributed by atoms with Crippen LogP contribution in [0.5, 0.6) is 0 Å². The molecule has 4 nitrogen and oxygen atoms in total. The van der Waals surface area contributed by atoms with Gasteiger partial charge >= 0.3 is 5.97 Å². The van der Waals surface area contributed by atoms with Gasteiger partial charge in [-0.15, -0.1) is 0 Å². The average Bonchev–Trinajstić information content (AvgIpc) is 3.09. The molecule has 1 N–H and O–H groups in total. The number of carboxylic acids is 1. The molecule has 0 atom stereocenters. The van der Waals surface area contributed by atoms with Gasteiger partial charge in [-0.2, -0.15) is 0 Å². The normalized spacial score (nSPS) is 14.3. The first kappa shape index (κ1) is 12.9. The summed E-state index contributed by atoms with van der Waals surface area (Å²) in [5, 5.41) is 9.37. The van der Waals surface area contributed by atoms with Crippen molar-refractivity contribution in [3.63, 3.8) is 0 Å². The van der Waals surface area contributed by atoms with Gasteiger partial charge in [-0.1, -0.05) is 17.7 Å². The van der Waals surface area contributed by atoms with Crippen LogP contribution >= 0.6 is 11.6 Å². The van der Waals surface area contributed by atoms with Gasteiger partial charge in [0.25, 0.3) is 0 Å². The Morgan fingerprint density at radius 3 is 2.67 bits per heavy atom. The lowest BCUT2D eigenvalue weighted by atomic mass is 10.2. The van der Waals surface area contributed by atoms with Crippen molar-refractivity contribution in [2.24, 2.45) is 5.92 Å². The van der Waals surface area contributed by atoms with E-state index in [1.807, 2.05) is 0 Å². The topological polar surface area (TPSA) is 57.6 Å². The number of carbonyl (C=O) groups excluding carboxylic acids is 1. The van der Waals surface area contributed by atoms with E-state index in [0.29, 0.717) is 23.0 Å². The van der Waals surface area contributed by atoms with E-state index < -0.39 is 5.97 Å². The zero-order valence-corrected chi connectivity index (χ0v) is 10.6. The molecule has 0 aromatic heterocycles. The van der Waals surface area contributed by atoms with Crippen LogP contribution in [0.1, 0.15) is 19.3 Å². The number of benzene rings is 1. The van der Waals surface area contributed by atoms with Gasteiger partial charge in [0.15, 0.2) is 0 Å². The Labute approximate surface area is 110 Å². The third-order valence-corrected chi connectivity index (χ3v) is 3.11. The maximum Gasteiger partial charge on any atom is 0.323 e. The standard InChI is InChI=1S/C13H14ClNO3/c14-10-2-1-3-11(7-10)15(8-13(17)18)12(16)6-9-4-5-9/h1-3,7,9H,4-6,8H2,(H,17,18). The lowest BCUT2D eigenvalue weighted by Crippen LogP contribution is -2.35. The molecule has 0 saturated heterocycles. The summed E-state index contributed by atoms with van der Waals surface area (Å²) in [4.78, 5) is 24.2. The second kappa shape index (κ2) is 5.40. The number of rotatable bonds is 5. The van der Waals surface area contributed by atoms with Crippen LogP contribution in [0, 0.1) is 5.92 Å². The monoisotopic (exact) mass is 267 g/mol. The molecule has 1 aromatic rings. The molecule has 1 aromatic carbocycles. The fraction of sp³-hybridized carbons (Fsp3) is 0.385. The zero-order chi connectivity index (χ0) is 13.1. The van der Waals surface area contributed by atoms with Gasteiger partial charge in [-0.25, -0.2) is 0 Å². The second-order valence-electron chi connectivity index (χ2n) is 4.50. The van der Waals surface area contributed by atoms with E-state index in [1.54, 1.807) is 24.3 Å². The fourth-order valence-corrected chi connectivity index (χ4v) is 1.97. The molecule has 18 heavy (non-hydrogen) atoms. The van der Waals surface area contributed by atoms with Crippen molar-refractivity contribution in [3.05, 3.63) is 29.3 Å². The number of aliphatic carboxylic acids is 1. The molecule has 1 aliphatic rings. The highest BCUT2D eigenvalue weighted by atomic mass is 35.5. The van der Waals surface area contributed by atoms with Crippen molar-refractivity contribution in [2.45, 2.75) is 19.3 Å². The molecule has 0 heterocycles. The molecule has 1 saturated carbocycles. The van der Waals surface area contributed by atoms with E-state index in [9.17, 15) is 9.59 Å². The Kier molecular flexibility index (Phi) is 3.87. The Morgan fingerprint density at radius 1 is 1.39 bits per heavy atom. The van der Waals surface area contributed by atoms with Gasteiger partial charge in [0.05, 0.1) is 0 Å². The van der Waals surface area contributed by atoms with E-state index in [4.69, 9.17) is 16.7 Å². The highest BCUT2D eigenvalue weighted by Crippen LogP contribution is 2.33. The molecule has 0 bridgehead atoms. The fourth-order valence-electron chi connectivity index (χ4n) is 1.78. The maximum absolute atomic E-state index is 12.1. The number of anilines is 1. The Morgan fingerprint density at radius 2 is 2.11 bits per heavy atom. The third kappa shape index (κ3) is 3.47. The molecule has 1 fully saturated rings. The molecule has 1 aliphatic carbocycles. The van der Waals surface area contributed by atoms with Gasteiger partial charge in [0.1, 0.15) is 6.54 Å². The van der Waals surface area contributed by atoms with Crippen LogP contribution in [0.15, 0.2) is 24.3 Å². The summed E-state index contributed by atoms with van der Waals surface area (Å²) in [5.41, 5.74) is 0.538. The lowest BCUT2D eigenvalue weighted by Gasteiger charge is -2.21. The number of carbonyl (C=O) groups is 2. The predicted octanol–water partition coefficient (Wildman–Crippen LogP) is 2.56. The summed E-state index contributed by atoms with van der Waals surface area (Å²) in [6.07, 6.45) is 2.53. The van der Waals surface area contributed by atoms with Crippen LogP contribution in [-0.4, -0.2) is 23.5 Å². The summed E-state index contributed by atoms with van der Waals surface area (Å²) in [7, 11) is 0. The predicted molar refractivity (Wildman–Crippen MR) is 68.8 cm³/mol. The largest absolute Gasteiger partial charge is 0.480 e. The van der Waals surface area contributed by atoms with Gasteiger partial charge < -0.3 is 10.0 Å². The minimum Gasteiger partial charge on any atom is -0.480 e. The van der Waals surface area contributed by atoms with Crippen LogP contribution in [-0.2, 0) is 9.59 Å². The Bertz CT molecular complexity index is 471. The van der Waals surface area contributed by atoms with Crippen LogP contribution in [0.3, 0.4) is 0 Å². The van der Waals surface area contributed by atoms with Crippen LogP contribution in [0.4, 0.5) is 5.69 Å². The van der Waals surface area contributed by atoms with Gasteiger partial charge in [0, 0.05) is 17.1 Å². The highest BCUT2D eigenvalue weighted by molar-refractivity contribution is 6.30. The number of carboxylic acid groups (broad SMARTS) is 1. The van der Waals surface area contributed by atoms with Gasteiger partial charge in [0.2, 0.25) is 5.91 Å². The quantitative estimate of drug-likeness (QED) is 0.892. The van der Waals surface area contributed by atoms with Crippen molar-refractivity contribution >= 4 is 29.2 Å². The van der Waals surface area contributed by atoms with Crippen molar-refractivity contribution < 1.29 is 14.7 Å². The molecule has 0 spiro atoms. The van der Waals surface area contributed by atoms with Crippen LogP contribution in [0.25, 0.3) is 0 Å². The SMILES string of the molecule is O=C(O)CN(C(=O)CC1CC1)c1cccc(Cl)c1. The molecular weight excluding hydrogens is 254 g/mol. The molecular formula is C13H14ClNO3. The Balaban J connectivity index is 2.17. The summed E-state index contributed by atoms with van der Waals surface area (Å²) in [5.74, 6) is -0.755. The van der Waals surface area contributed by atoms with Gasteiger partial charge in [-0.3, -0.25) is 9.59 Å². The summed E-state index contributed by atoms with van der Waals surface area (Å²) >= 11 is 5.86. The zero-order valence-electron chi connectivity index (χ0n) is 9.80. The van der Waals surface area contributed by atoms with Crippen molar-refractivity contribution in [1.29, 1.82) is 0 Å². The summed E-state index contributed by atoms with van der Waals surface area (Å²) in [6.45, 7) is -0.327. The molecule has 96 valence electrons. The maximum atomic E-state index is 12.1.